The zero-order valence-electron chi connectivity index (χ0n) is 27.0. The molecule has 3 aromatic heterocycles. The van der Waals surface area contributed by atoms with Gasteiger partial charge in [-0.05, 0) is 53.2 Å². The van der Waals surface area contributed by atoms with E-state index in [1.54, 1.807) is 0 Å². The predicted octanol–water partition coefficient (Wildman–Crippen LogP) is 11.8. The third-order valence-electron chi connectivity index (χ3n) is 10.3. The Morgan fingerprint density at radius 3 is 1.14 bits per heavy atom. The van der Waals surface area contributed by atoms with Crippen molar-refractivity contribution in [1.82, 2.24) is 19.1 Å². The van der Waals surface area contributed by atoms with Crippen LogP contribution in [0.2, 0.25) is 0 Å². The highest BCUT2D eigenvalue weighted by molar-refractivity contribution is 6.23. The fraction of sp³-hybridized carbons (Fsp3) is 0. The van der Waals surface area contributed by atoms with Crippen molar-refractivity contribution in [2.45, 2.75) is 0 Å². The molecule has 8 aromatic carbocycles. The molecular weight excluding hydrogens is 609 g/mol. The fourth-order valence-corrected chi connectivity index (χ4v) is 8.16. The molecule has 50 heavy (non-hydrogen) atoms. The van der Waals surface area contributed by atoms with Gasteiger partial charge >= 0.3 is 0 Å². The highest BCUT2D eigenvalue weighted by atomic mass is 15.0. The average Bonchev–Trinajstić information content (AvgIpc) is 3.71. The van der Waals surface area contributed by atoms with Gasteiger partial charge in [-0.25, -0.2) is 4.98 Å². The monoisotopic (exact) mass is 636 g/mol. The molecule has 4 heteroatoms. The SMILES string of the molecule is c1ccc2c(c1)c1ccccc1c1nc(-c3cc(-n4c5ccccc5c5ccccc54)cc(-n4c5ccccc5c5ccccc54)c3)cnc21. The molecule has 0 aliphatic heterocycles. The maximum absolute atomic E-state index is 5.44. The Balaban J connectivity index is 1.26. The third-order valence-corrected chi connectivity index (χ3v) is 10.3. The van der Waals surface area contributed by atoms with Gasteiger partial charge in [0.05, 0.1) is 45.0 Å². The van der Waals surface area contributed by atoms with Gasteiger partial charge in [-0.1, -0.05) is 121 Å². The summed E-state index contributed by atoms with van der Waals surface area (Å²) in [5.41, 5.74) is 10.5. The van der Waals surface area contributed by atoms with Gasteiger partial charge in [-0.15, -0.1) is 0 Å². The number of nitrogens with zero attached hydrogens (tertiary/aromatic N) is 4. The Morgan fingerprint density at radius 2 is 0.700 bits per heavy atom. The molecule has 0 bridgehead atoms. The van der Waals surface area contributed by atoms with Gasteiger partial charge in [0.2, 0.25) is 0 Å². The largest absolute Gasteiger partial charge is 0.309 e. The summed E-state index contributed by atoms with van der Waals surface area (Å²) in [6.45, 7) is 0. The number of benzene rings is 8. The van der Waals surface area contributed by atoms with Crippen LogP contribution in [0.4, 0.5) is 0 Å². The highest BCUT2D eigenvalue weighted by Gasteiger charge is 2.18. The van der Waals surface area contributed by atoms with Gasteiger partial charge in [-0.2, -0.15) is 0 Å². The zero-order chi connectivity index (χ0) is 32.8. The van der Waals surface area contributed by atoms with Gasteiger partial charge in [0.25, 0.3) is 0 Å². The highest BCUT2D eigenvalue weighted by Crippen LogP contribution is 2.39. The van der Waals surface area contributed by atoms with E-state index in [1.807, 2.05) is 6.20 Å². The van der Waals surface area contributed by atoms with E-state index in [4.69, 9.17) is 9.97 Å². The first-order valence-corrected chi connectivity index (χ1v) is 17.0. The molecule has 232 valence electrons. The van der Waals surface area contributed by atoms with E-state index in [9.17, 15) is 0 Å². The molecule has 0 saturated carbocycles. The zero-order valence-corrected chi connectivity index (χ0v) is 27.0. The minimum Gasteiger partial charge on any atom is -0.309 e. The molecule has 3 heterocycles. The van der Waals surface area contributed by atoms with Crippen LogP contribution in [-0.4, -0.2) is 19.1 Å². The van der Waals surface area contributed by atoms with E-state index in [1.165, 1.54) is 54.4 Å². The molecule has 0 saturated heterocycles. The Labute approximate surface area is 287 Å². The minimum absolute atomic E-state index is 0.836. The van der Waals surface area contributed by atoms with E-state index >= 15 is 0 Å². The quantitative estimate of drug-likeness (QED) is 0.181. The number of hydrogen-bond acceptors (Lipinski definition) is 2. The van der Waals surface area contributed by atoms with E-state index in [2.05, 4.69) is 173 Å². The van der Waals surface area contributed by atoms with Crippen molar-refractivity contribution < 1.29 is 0 Å². The van der Waals surface area contributed by atoms with Gasteiger partial charge in [0, 0.05) is 49.3 Å². The molecule has 0 spiro atoms. The molecule has 0 radical (unpaired) electrons. The molecule has 0 unspecified atom stereocenters. The molecule has 0 N–H and O–H groups in total. The van der Waals surface area contributed by atoms with E-state index in [0.717, 1.165) is 44.4 Å². The smallest absolute Gasteiger partial charge is 0.0979 e. The standard InChI is InChI=1S/C46H28N4/c1-3-19-38-32(13-1)33-14-2-4-20-39(33)46-45(38)47-28-40(48-46)29-25-30(49-41-21-9-5-15-34(41)35-16-6-10-22-42(35)49)27-31(26-29)50-43-23-11-7-17-36(43)37-18-8-12-24-44(37)50/h1-28H. The Hall–Kier alpha value is -6.78. The molecule has 11 aromatic rings. The molecular formula is C46H28N4. The van der Waals surface area contributed by atoms with Crippen LogP contribution < -0.4 is 0 Å². The summed E-state index contributed by atoms with van der Waals surface area (Å²) in [7, 11) is 0. The topological polar surface area (TPSA) is 35.6 Å². The van der Waals surface area contributed by atoms with Crippen LogP contribution in [0.3, 0.4) is 0 Å². The van der Waals surface area contributed by atoms with Crippen LogP contribution in [0.25, 0.3) is 98.8 Å². The first kappa shape index (κ1) is 27.2. The first-order valence-electron chi connectivity index (χ1n) is 17.0. The lowest BCUT2D eigenvalue weighted by molar-refractivity contribution is 1.13. The van der Waals surface area contributed by atoms with Crippen molar-refractivity contribution in [3.8, 4) is 22.6 Å². The van der Waals surface area contributed by atoms with Crippen molar-refractivity contribution in [1.29, 1.82) is 0 Å². The maximum Gasteiger partial charge on any atom is 0.0979 e. The number of hydrogen-bond donors (Lipinski definition) is 0. The molecule has 0 fully saturated rings. The van der Waals surface area contributed by atoms with Crippen LogP contribution in [0.15, 0.2) is 170 Å². The normalized spacial score (nSPS) is 12.0. The second-order valence-electron chi connectivity index (χ2n) is 13.0. The number of rotatable bonds is 3. The lowest BCUT2D eigenvalue weighted by Gasteiger charge is -2.16. The average molecular weight is 637 g/mol. The summed E-state index contributed by atoms with van der Waals surface area (Å²) in [4.78, 5) is 10.6. The minimum atomic E-state index is 0.836. The summed E-state index contributed by atoms with van der Waals surface area (Å²) >= 11 is 0. The Morgan fingerprint density at radius 1 is 0.340 bits per heavy atom. The van der Waals surface area contributed by atoms with Gasteiger partial charge in [0.15, 0.2) is 0 Å². The number of aromatic nitrogens is 4. The van der Waals surface area contributed by atoms with Crippen LogP contribution in [0, 0.1) is 0 Å². The van der Waals surface area contributed by atoms with E-state index < -0.39 is 0 Å². The van der Waals surface area contributed by atoms with Crippen LogP contribution in [-0.2, 0) is 0 Å². The molecule has 0 amide bonds. The Bertz CT molecular complexity index is 2890. The Kier molecular flexibility index (Phi) is 5.63. The molecule has 4 nitrogen and oxygen atoms in total. The van der Waals surface area contributed by atoms with Crippen LogP contribution >= 0.6 is 0 Å². The third kappa shape index (κ3) is 3.81. The van der Waals surface area contributed by atoms with Gasteiger partial charge < -0.3 is 9.13 Å². The first-order chi connectivity index (χ1) is 24.8. The summed E-state index contributed by atoms with van der Waals surface area (Å²) in [6, 6.07) is 58.7. The molecule has 0 aliphatic carbocycles. The lowest BCUT2D eigenvalue weighted by Crippen LogP contribution is -2.01. The van der Waals surface area contributed by atoms with Crippen molar-refractivity contribution in [3.05, 3.63) is 170 Å². The summed E-state index contributed by atoms with van der Waals surface area (Å²) in [6.07, 6.45) is 1.95. The fourth-order valence-electron chi connectivity index (χ4n) is 8.16. The van der Waals surface area contributed by atoms with E-state index in [-0.39, 0.29) is 0 Å². The molecule has 11 rings (SSSR count). The summed E-state index contributed by atoms with van der Waals surface area (Å²) < 4.78 is 4.78. The van der Waals surface area contributed by atoms with Crippen molar-refractivity contribution >= 4 is 76.2 Å². The second kappa shape index (κ2) is 10.4. The molecule has 0 aliphatic rings. The van der Waals surface area contributed by atoms with Crippen LogP contribution in [0.5, 0.6) is 0 Å². The summed E-state index contributed by atoms with van der Waals surface area (Å²) in [5, 5.41) is 9.53. The second-order valence-corrected chi connectivity index (χ2v) is 13.0. The van der Waals surface area contributed by atoms with Gasteiger partial charge in [-0.3, -0.25) is 4.98 Å². The van der Waals surface area contributed by atoms with Gasteiger partial charge in [0.1, 0.15) is 0 Å². The van der Waals surface area contributed by atoms with Crippen molar-refractivity contribution in [2.24, 2.45) is 0 Å². The summed E-state index contributed by atoms with van der Waals surface area (Å²) in [5.74, 6) is 0. The van der Waals surface area contributed by atoms with Crippen molar-refractivity contribution in [3.63, 3.8) is 0 Å². The number of para-hydroxylation sites is 4. The van der Waals surface area contributed by atoms with E-state index in [0.29, 0.717) is 0 Å². The van der Waals surface area contributed by atoms with Crippen molar-refractivity contribution in [2.75, 3.05) is 0 Å². The molecule has 0 atom stereocenters. The lowest BCUT2D eigenvalue weighted by atomic mass is 9.99. The maximum atomic E-state index is 5.44. The predicted molar refractivity (Wildman–Crippen MR) is 209 cm³/mol. The van der Waals surface area contributed by atoms with Crippen LogP contribution in [0.1, 0.15) is 0 Å². The number of fused-ring (bicyclic) bond motifs is 12.